The van der Waals surface area contributed by atoms with Gasteiger partial charge in [0.1, 0.15) is 0 Å². The number of aromatic nitrogens is 1. The largest absolute Gasteiger partial charge is 0.388 e. The van der Waals surface area contributed by atoms with Crippen LogP contribution in [0.25, 0.3) is 5.57 Å². The molecule has 0 aliphatic carbocycles. The SMILES string of the molecule is C.C=C/C=C(\C=C)C(O)Cc1ccc(/C(C=C)=C/C=C\C)cn1.CC. The predicted octanol–water partition coefficient (Wildman–Crippen LogP) is 6.09. The Balaban J connectivity index is 0. The van der Waals surface area contributed by atoms with E-state index < -0.39 is 6.10 Å². The van der Waals surface area contributed by atoms with Crippen LogP contribution in [0.3, 0.4) is 0 Å². The molecule has 1 aromatic heterocycles. The van der Waals surface area contributed by atoms with E-state index in [2.05, 4.69) is 24.7 Å². The first kappa shape index (κ1) is 24.8. The summed E-state index contributed by atoms with van der Waals surface area (Å²) >= 11 is 0. The van der Waals surface area contributed by atoms with Crippen molar-refractivity contribution in [3.8, 4) is 0 Å². The van der Waals surface area contributed by atoms with Crippen LogP contribution in [0.15, 0.2) is 86.2 Å². The van der Waals surface area contributed by atoms with E-state index in [4.69, 9.17) is 0 Å². The number of nitrogens with zero attached hydrogens (tertiary/aromatic N) is 1. The fraction of sp³-hybridized carbons (Fsp3) is 0.261. The summed E-state index contributed by atoms with van der Waals surface area (Å²) in [5.74, 6) is 0. The fourth-order valence-electron chi connectivity index (χ4n) is 1.97. The lowest BCUT2D eigenvalue weighted by molar-refractivity contribution is 0.214. The van der Waals surface area contributed by atoms with Gasteiger partial charge in [0, 0.05) is 18.3 Å². The molecule has 0 radical (unpaired) electrons. The number of rotatable bonds is 8. The molecule has 0 amide bonds. The van der Waals surface area contributed by atoms with Gasteiger partial charge in [0.25, 0.3) is 0 Å². The second kappa shape index (κ2) is 15.1. The number of aliphatic hydroxyl groups excluding tert-OH is 1. The topological polar surface area (TPSA) is 33.1 Å². The highest BCUT2D eigenvalue weighted by atomic mass is 16.3. The van der Waals surface area contributed by atoms with Gasteiger partial charge in [-0.2, -0.15) is 0 Å². The highest BCUT2D eigenvalue weighted by Gasteiger charge is 2.09. The fourth-order valence-corrected chi connectivity index (χ4v) is 1.97. The number of pyridine rings is 1. The van der Waals surface area contributed by atoms with Crippen LogP contribution >= 0.6 is 0 Å². The monoisotopic (exact) mass is 339 g/mol. The van der Waals surface area contributed by atoms with Gasteiger partial charge in [-0.05, 0) is 29.7 Å². The molecule has 1 rings (SSSR count). The summed E-state index contributed by atoms with van der Waals surface area (Å²) in [6.07, 6.45) is 14.3. The van der Waals surface area contributed by atoms with Crippen LogP contribution in [-0.2, 0) is 6.42 Å². The highest BCUT2D eigenvalue weighted by molar-refractivity contribution is 5.74. The van der Waals surface area contributed by atoms with Gasteiger partial charge in [0.05, 0.1) is 6.10 Å². The third-order valence-corrected chi connectivity index (χ3v) is 3.18. The van der Waals surface area contributed by atoms with Crippen LogP contribution in [0.2, 0.25) is 0 Å². The molecule has 1 heterocycles. The smallest absolute Gasteiger partial charge is 0.0845 e. The summed E-state index contributed by atoms with van der Waals surface area (Å²) in [5.41, 5.74) is 3.57. The first-order chi connectivity index (χ1) is 11.7. The zero-order valence-electron chi connectivity index (χ0n) is 15.1. The van der Waals surface area contributed by atoms with E-state index in [-0.39, 0.29) is 7.43 Å². The molecule has 0 fully saturated rings. The quantitative estimate of drug-likeness (QED) is 0.581. The Morgan fingerprint density at radius 2 is 1.84 bits per heavy atom. The van der Waals surface area contributed by atoms with Crippen molar-refractivity contribution < 1.29 is 5.11 Å². The average molecular weight is 340 g/mol. The molecule has 1 N–H and O–H groups in total. The third-order valence-electron chi connectivity index (χ3n) is 3.18. The van der Waals surface area contributed by atoms with E-state index in [0.29, 0.717) is 6.42 Å². The van der Waals surface area contributed by atoms with Crippen LogP contribution in [0, 0.1) is 0 Å². The molecule has 0 bridgehead atoms. The third kappa shape index (κ3) is 8.83. The van der Waals surface area contributed by atoms with Gasteiger partial charge in [0.15, 0.2) is 0 Å². The minimum Gasteiger partial charge on any atom is -0.388 e. The standard InChI is InChI=1S/C20H23NO.C2H6.CH4/c1-5-9-11-16(7-3)18-12-13-19(21-15-18)14-20(22)17(8-4)10-6-2;1-2;/h5-13,15,20,22H,2-4,14H2,1H3;1-2H3;1H4/b9-5-,16-11+,17-10+;;. The second-order valence-corrected chi connectivity index (χ2v) is 4.72. The molecule has 0 aromatic carbocycles. The van der Waals surface area contributed by atoms with Crippen LogP contribution in [-0.4, -0.2) is 16.2 Å². The summed E-state index contributed by atoms with van der Waals surface area (Å²) in [7, 11) is 0. The molecule has 25 heavy (non-hydrogen) atoms. The van der Waals surface area contributed by atoms with Gasteiger partial charge in [-0.25, -0.2) is 0 Å². The maximum absolute atomic E-state index is 10.2. The van der Waals surface area contributed by atoms with Crippen molar-refractivity contribution in [1.29, 1.82) is 0 Å². The Morgan fingerprint density at radius 3 is 2.28 bits per heavy atom. The Bertz CT molecular complexity index is 603. The van der Waals surface area contributed by atoms with Gasteiger partial charge >= 0.3 is 0 Å². The van der Waals surface area contributed by atoms with Crippen molar-refractivity contribution in [2.45, 2.75) is 40.7 Å². The molecule has 0 aliphatic rings. The number of hydrogen-bond acceptors (Lipinski definition) is 2. The van der Waals surface area contributed by atoms with Crippen LogP contribution in [0.5, 0.6) is 0 Å². The van der Waals surface area contributed by atoms with Crippen molar-refractivity contribution in [2.75, 3.05) is 0 Å². The lowest BCUT2D eigenvalue weighted by atomic mass is 10.0. The summed E-state index contributed by atoms with van der Waals surface area (Å²) in [6, 6.07) is 3.90. The summed E-state index contributed by atoms with van der Waals surface area (Å²) in [4.78, 5) is 4.41. The average Bonchev–Trinajstić information content (AvgIpc) is 2.63. The minimum absolute atomic E-state index is 0. The van der Waals surface area contributed by atoms with Crippen molar-refractivity contribution >= 4 is 5.57 Å². The zero-order chi connectivity index (χ0) is 18.4. The Hall–Kier alpha value is -2.45. The maximum atomic E-state index is 10.2. The molecule has 0 saturated carbocycles. The van der Waals surface area contributed by atoms with E-state index in [0.717, 1.165) is 22.4 Å². The van der Waals surface area contributed by atoms with E-state index in [1.165, 1.54) is 0 Å². The van der Waals surface area contributed by atoms with Crippen LogP contribution in [0.1, 0.15) is 39.5 Å². The molecule has 0 saturated heterocycles. The van der Waals surface area contributed by atoms with Gasteiger partial charge in [-0.1, -0.05) is 89.6 Å². The zero-order valence-corrected chi connectivity index (χ0v) is 15.1. The Kier molecular flexibility index (Phi) is 15.0. The molecular weight excluding hydrogens is 306 g/mol. The van der Waals surface area contributed by atoms with Gasteiger partial charge in [-0.3, -0.25) is 4.98 Å². The van der Waals surface area contributed by atoms with Crippen molar-refractivity contribution in [3.05, 3.63) is 97.4 Å². The Morgan fingerprint density at radius 1 is 1.16 bits per heavy atom. The molecule has 1 atom stereocenters. The molecule has 2 nitrogen and oxygen atoms in total. The molecule has 0 spiro atoms. The molecular formula is C23H33NO. The predicted molar refractivity (Wildman–Crippen MR) is 113 cm³/mol. The normalized spacial score (nSPS) is 12.5. The summed E-state index contributed by atoms with van der Waals surface area (Å²) in [6.45, 7) is 17.1. The molecule has 1 unspecified atom stereocenters. The van der Waals surface area contributed by atoms with E-state index in [1.54, 1.807) is 30.5 Å². The highest BCUT2D eigenvalue weighted by Crippen LogP contribution is 2.16. The van der Waals surface area contributed by atoms with E-state index in [1.807, 2.05) is 51.1 Å². The van der Waals surface area contributed by atoms with Crippen molar-refractivity contribution in [3.63, 3.8) is 0 Å². The minimum atomic E-state index is -0.633. The number of aliphatic hydroxyl groups is 1. The number of allylic oxidation sites excluding steroid dienone is 7. The molecule has 2 heteroatoms. The number of hydrogen-bond donors (Lipinski definition) is 1. The van der Waals surface area contributed by atoms with Gasteiger partial charge in [0.2, 0.25) is 0 Å². The first-order valence-electron chi connectivity index (χ1n) is 8.20. The van der Waals surface area contributed by atoms with Gasteiger partial charge < -0.3 is 5.11 Å². The summed E-state index contributed by atoms with van der Waals surface area (Å²) < 4.78 is 0. The van der Waals surface area contributed by atoms with E-state index in [9.17, 15) is 5.11 Å². The Labute approximate surface area is 154 Å². The van der Waals surface area contributed by atoms with Crippen LogP contribution < -0.4 is 0 Å². The van der Waals surface area contributed by atoms with Crippen LogP contribution in [0.4, 0.5) is 0 Å². The lowest BCUT2D eigenvalue weighted by Gasteiger charge is -2.11. The molecule has 136 valence electrons. The second-order valence-electron chi connectivity index (χ2n) is 4.72. The van der Waals surface area contributed by atoms with E-state index >= 15 is 0 Å². The van der Waals surface area contributed by atoms with Gasteiger partial charge in [-0.15, -0.1) is 0 Å². The maximum Gasteiger partial charge on any atom is 0.0845 e. The molecule has 0 aliphatic heterocycles. The van der Waals surface area contributed by atoms with Crippen molar-refractivity contribution in [1.82, 2.24) is 4.98 Å². The lowest BCUT2D eigenvalue weighted by Crippen LogP contribution is -2.13. The first-order valence-corrected chi connectivity index (χ1v) is 8.20. The summed E-state index contributed by atoms with van der Waals surface area (Å²) in [5, 5.41) is 10.2. The van der Waals surface area contributed by atoms with Crippen molar-refractivity contribution in [2.24, 2.45) is 0 Å². The molecule has 1 aromatic rings.